The van der Waals surface area contributed by atoms with E-state index in [0.717, 1.165) is 47.4 Å². The second-order valence-electron chi connectivity index (χ2n) is 9.98. The number of aryl methyl sites for hydroxylation is 2. The van der Waals surface area contributed by atoms with Crippen LogP contribution in [0.1, 0.15) is 62.1 Å². The monoisotopic (exact) mass is 547 g/mol. The van der Waals surface area contributed by atoms with E-state index in [1.807, 2.05) is 38.1 Å². The van der Waals surface area contributed by atoms with E-state index in [-0.39, 0.29) is 18.5 Å². The number of hydrogen-bond acceptors (Lipinski definition) is 4. The SMILES string of the molecule is CC[C@@H](C(=O)NC1CCCCC1)N(Cc1ccc(C)cc1)C(=O)CN(c1cc(Cl)ccc1C)S(C)(=O)=O. The molecule has 0 aromatic heterocycles. The normalized spacial score (nSPS) is 15.2. The van der Waals surface area contributed by atoms with Crippen LogP contribution in [0.4, 0.5) is 5.69 Å². The average Bonchev–Trinajstić information content (AvgIpc) is 2.85. The van der Waals surface area contributed by atoms with E-state index in [2.05, 4.69) is 5.32 Å². The van der Waals surface area contributed by atoms with Gasteiger partial charge in [0.1, 0.15) is 12.6 Å². The predicted octanol–water partition coefficient (Wildman–Crippen LogP) is 4.98. The summed E-state index contributed by atoms with van der Waals surface area (Å²) in [5.41, 5.74) is 2.98. The lowest BCUT2D eigenvalue weighted by atomic mass is 9.95. The van der Waals surface area contributed by atoms with Crippen LogP contribution in [0, 0.1) is 13.8 Å². The van der Waals surface area contributed by atoms with Crippen LogP contribution in [-0.2, 0) is 26.2 Å². The third-order valence-corrected chi connectivity index (χ3v) is 8.29. The molecular formula is C28H38ClN3O4S. The summed E-state index contributed by atoms with van der Waals surface area (Å²) in [6.45, 7) is 5.39. The average molecular weight is 548 g/mol. The molecule has 1 saturated carbocycles. The fourth-order valence-electron chi connectivity index (χ4n) is 4.80. The molecule has 7 nitrogen and oxygen atoms in total. The number of carbonyl (C=O) groups excluding carboxylic acids is 2. The minimum Gasteiger partial charge on any atom is -0.352 e. The summed E-state index contributed by atoms with van der Waals surface area (Å²) in [6, 6.07) is 12.1. The Bertz CT molecular complexity index is 1190. The molecule has 2 amide bonds. The summed E-state index contributed by atoms with van der Waals surface area (Å²) in [6.07, 6.45) is 6.68. The lowest BCUT2D eigenvalue weighted by molar-refractivity contribution is -0.140. The summed E-state index contributed by atoms with van der Waals surface area (Å²) in [7, 11) is -3.81. The second kappa shape index (κ2) is 12.8. The lowest BCUT2D eigenvalue weighted by Crippen LogP contribution is -2.54. The van der Waals surface area contributed by atoms with Crippen LogP contribution >= 0.6 is 11.6 Å². The molecule has 3 rings (SSSR count). The number of carbonyl (C=O) groups is 2. The van der Waals surface area contributed by atoms with Gasteiger partial charge in [-0.1, -0.05) is 73.7 Å². The Morgan fingerprint density at radius 1 is 1.05 bits per heavy atom. The highest BCUT2D eigenvalue weighted by Gasteiger charge is 2.33. The van der Waals surface area contributed by atoms with E-state index in [0.29, 0.717) is 22.7 Å². The maximum Gasteiger partial charge on any atom is 0.244 e. The molecular weight excluding hydrogens is 510 g/mol. The first kappa shape index (κ1) is 29.0. The molecule has 0 spiro atoms. The zero-order valence-corrected chi connectivity index (χ0v) is 23.7. The molecule has 0 bridgehead atoms. The van der Waals surface area contributed by atoms with Gasteiger partial charge in [-0.15, -0.1) is 0 Å². The summed E-state index contributed by atoms with van der Waals surface area (Å²) in [5, 5.41) is 3.52. The first-order chi connectivity index (χ1) is 17.5. The molecule has 2 aromatic rings. The Morgan fingerprint density at radius 3 is 2.30 bits per heavy atom. The van der Waals surface area contributed by atoms with Crippen LogP contribution < -0.4 is 9.62 Å². The third-order valence-electron chi connectivity index (χ3n) is 6.93. The van der Waals surface area contributed by atoms with Crippen molar-refractivity contribution in [3.05, 3.63) is 64.2 Å². The van der Waals surface area contributed by atoms with Gasteiger partial charge in [0.2, 0.25) is 21.8 Å². The van der Waals surface area contributed by atoms with Gasteiger partial charge in [0.15, 0.2) is 0 Å². The number of anilines is 1. The number of rotatable bonds is 10. The van der Waals surface area contributed by atoms with Gasteiger partial charge in [-0.05, 0) is 56.4 Å². The Balaban J connectivity index is 1.93. The van der Waals surface area contributed by atoms with Gasteiger partial charge in [-0.2, -0.15) is 0 Å². The Kier molecular flexibility index (Phi) is 10.0. The molecule has 1 aliphatic carbocycles. The maximum absolute atomic E-state index is 13.8. The number of hydrogen-bond donors (Lipinski definition) is 1. The summed E-state index contributed by atoms with van der Waals surface area (Å²) >= 11 is 6.17. The fraction of sp³-hybridized carbons (Fsp3) is 0.500. The van der Waals surface area contributed by atoms with Crippen LogP contribution in [-0.4, -0.2) is 50.0 Å². The zero-order valence-electron chi connectivity index (χ0n) is 22.2. The van der Waals surface area contributed by atoms with E-state index in [4.69, 9.17) is 11.6 Å². The second-order valence-corrected chi connectivity index (χ2v) is 12.3. The molecule has 202 valence electrons. The highest BCUT2D eigenvalue weighted by molar-refractivity contribution is 7.92. The van der Waals surface area contributed by atoms with Gasteiger partial charge < -0.3 is 10.2 Å². The molecule has 0 radical (unpaired) electrons. The fourth-order valence-corrected chi connectivity index (χ4v) is 5.87. The van der Waals surface area contributed by atoms with E-state index in [9.17, 15) is 18.0 Å². The van der Waals surface area contributed by atoms with Crippen molar-refractivity contribution >= 4 is 39.1 Å². The summed E-state index contributed by atoms with van der Waals surface area (Å²) < 4.78 is 26.7. The lowest BCUT2D eigenvalue weighted by Gasteiger charge is -2.34. The quantitative estimate of drug-likeness (QED) is 0.454. The molecule has 2 aromatic carbocycles. The smallest absolute Gasteiger partial charge is 0.244 e. The molecule has 1 atom stereocenters. The number of nitrogens with one attached hydrogen (secondary N) is 1. The third kappa shape index (κ3) is 7.95. The Labute approximate surface area is 226 Å². The van der Waals surface area contributed by atoms with Gasteiger partial charge >= 0.3 is 0 Å². The number of nitrogens with zero attached hydrogens (tertiary/aromatic N) is 2. The van der Waals surface area contributed by atoms with Gasteiger partial charge in [-0.25, -0.2) is 8.42 Å². The minimum absolute atomic E-state index is 0.105. The molecule has 0 heterocycles. The number of amides is 2. The molecule has 0 saturated heterocycles. The number of benzene rings is 2. The molecule has 0 unspecified atom stereocenters. The van der Waals surface area contributed by atoms with Gasteiger partial charge in [0.05, 0.1) is 11.9 Å². The topological polar surface area (TPSA) is 86.8 Å². The standard InChI is InChI=1S/C28H38ClN3O4S/c1-5-25(28(34)30-24-9-7-6-8-10-24)31(18-22-14-11-20(2)12-15-22)27(33)19-32(37(4,35)36)26-17-23(29)16-13-21(26)3/h11-17,24-25H,5-10,18-19H2,1-4H3,(H,30,34)/t25-/m0/s1. The molecule has 1 fully saturated rings. The van der Waals surface area contributed by atoms with Crippen LogP contribution in [0.3, 0.4) is 0 Å². The predicted molar refractivity (Wildman–Crippen MR) is 149 cm³/mol. The van der Waals surface area contributed by atoms with Crippen molar-refractivity contribution in [3.63, 3.8) is 0 Å². The Hall–Kier alpha value is -2.58. The Morgan fingerprint density at radius 2 is 1.70 bits per heavy atom. The van der Waals surface area contributed by atoms with Crippen molar-refractivity contribution in [2.24, 2.45) is 0 Å². The van der Waals surface area contributed by atoms with Gasteiger partial charge in [0.25, 0.3) is 0 Å². The zero-order chi connectivity index (χ0) is 27.2. The van der Waals surface area contributed by atoms with Crippen molar-refractivity contribution in [2.75, 3.05) is 17.1 Å². The maximum atomic E-state index is 13.8. The van der Waals surface area contributed by atoms with Crippen LogP contribution in [0.15, 0.2) is 42.5 Å². The van der Waals surface area contributed by atoms with E-state index in [1.54, 1.807) is 25.1 Å². The first-order valence-electron chi connectivity index (χ1n) is 12.9. The van der Waals surface area contributed by atoms with Crippen molar-refractivity contribution in [1.29, 1.82) is 0 Å². The molecule has 1 N–H and O–H groups in total. The van der Waals surface area contributed by atoms with Crippen LogP contribution in [0.25, 0.3) is 0 Å². The summed E-state index contributed by atoms with van der Waals surface area (Å²) in [4.78, 5) is 28.8. The first-order valence-corrected chi connectivity index (χ1v) is 15.1. The number of halogens is 1. The molecule has 37 heavy (non-hydrogen) atoms. The van der Waals surface area contributed by atoms with E-state index < -0.39 is 28.5 Å². The van der Waals surface area contributed by atoms with Crippen molar-refractivity contribution in [2.45, 2.75) is 77.9 Å². The van der Waals surface area contributed by atoms with Crippen molar-refractivity contribution in [1.82, 2.24) is 10.2 Å². The highest BCUT2D eigenvalue weighted by atomic mass is 35.5. The van der Waals surface area contributed by atoms with E-state index >= 15 is 0 Å². The van der Waals surface area contributed by atoms with Crippen molar-refractivity contribution in [3.8, 4) is 0 Å². The van der Waals surface area contributed by atoms with E-state index in [1.165, 1.54) is 11.3 Å². The largest absolute Gasteiger partial charge is 0.352 e. The van der Waals surface area contributed by atoms with Gasteiger partial charge in [-0.3, -0.25) is 13.9 Å². The van der Waals surface area contributed by atoms with Crippen LogP contribution in [0.2, 0.25) is 5.02 Å². The van der Waals surface area contributed by atoms with Crippen molar-refractivity contribution < 1.29 is 18.0 Å². The van der Waals surface area contributed by atoms with Gasteiger partial charge in [0, 0.05) is 17.6 Å². The molecule has 1 aliphatic rings. The highest BCUT2D eigenvalue weighted by Crippen LogP contribution is 2.27. The minimum atomic E-state index is -3.81. The molecule has 9 heteroatoms. The molecule has 0 aliphatic heterocycles. The number of sulfonamides is 1. The van der Waals surface area contributed by atoms with Crippen LogP contribution in [0.5, 0.6) is 0 Å². The summed E-state index contributed by atoms with van der Waals surface area (Å²) in [5.74, 6) is -0.643.